The summed E-state index contributed by atoms with van der Waals surface area (Å²) < 4.78 is 12.2. The van der Waals surface area contributed by atoms with Gasteiger partial charge in [-0.2, -0.15) is 0 Å². The van der Waals surface area contributed by atoms with Gasteiger partial charge in [0.25, 0.3) is 11.8 Å². The predicted octanol–water partition coefficient (Wildman–Crippen LogP) is 4.16. The van der Waals surface area contributed by atoms with E-state index in [1.807, 2.05) is 58.0 Å². The number of ether oxygens (including phenoxy) is 2. The van der Waals surface area contributed by atoms with Crippen LogP contribution in [0.2, 0.25) is 0 Å². The van der Waals surface area contributed by atoms with Crippen LogP contribution in [0.5, 0.6) is 0 Å². The third kappa shape index (κ3) is 8.43. The second-order valence-electron chi connectivity index (χ2n) is 14.1. The van der Waals surface area contributed by atoms with Crippen molar-refractivity contribution in [1.29, 1.82) is 0 Å². The molecule has 4 amide bonds. The second kappa shape index (κ2) is 16.1. The van der Waals surface area contributed by atoms with Crippen molar-refractivity contribution in [1.82, 2.24) is 31.2 Å². The average molecular weight is 763 g/mol. The van der Waals surface area contributed by atoms with Crippen LogP contribution in [0.3, 0.4) is 0 Å². The molecule has 3 aromatic rings. The SMILES string of the molecule is CCC(C)[C@@H]1NC(=O)c2csc(n2)[C@@H](C)NC(=O)[C@H]2N=C(O[C@@H]2C)[C@H](C(C)C)NC(=O)c2csc(n2)[C@@H](Cc2ccccc2)NC(=O)C2N=C1O[C@@H]2C. The summed E-state index contributed by atoms with van der Waals surface area (Å²) in [7, 11) is 0. The zero-order valence-corrected chi connectivity index (χ0v) is 32.4. The van der Waals surface area contributed by atoms with Crippen LogP contribution in [0.4, 0.5) is 0 Å². The largest absolute Gasteiger partial charge is 0.474 e. The smallest absolute Gasteiger partial charge is 0.271 e. The number of carbonyl (C=O) groups excluding carboxylic acids is 4. The highest BCUT2D eigenvalue weighted by atomic mass is 32.1. The van der Waals surface area contributed by atoms with Gasteiger partial charge in [0.1, 0.15) is 45.7 Å². The maximum Gasteiger partial charge on any atom is 0.271 e. The van der Waals surface area contributed by atoms with E-state index >= 15 is 0 Å². The highest BCUT2D eigenvalue weighted by molar-refractivity contribution is 7.10. The van der Waals surface area contributed by atoms with Crippen LogP contribution in [-0.4, -0.2) is 81.8 Å². The molecule has 0 fully saturated rings. The maximum atomic E-state index is 14.0. The van der Waals surface area contributed by atoms with E-state index in [4.69, 9.17) is 19.5 Å². The Morgan fingerprint density at radius 2 is 1.25 bits per heavy atom. The van der Waals surface area contributed by atoms with Crippen LogP contribution in [0.1, 0.15) is 104 Å². The summed E-state index contributed by atoms with van der Waals surface area (Å²) in [6.07, 6.45) is -0.0741. The number of amides is 4. The number of benzene rings is 1. The first kappa shape index (κ1) is 38.0. The number of aromatic nitrogens is 2. The van der Waals surface area contributed by atoms with Gasteiger partial charge in [0.15, 0.2) is 12.1 Å². The fourth-order valence-electron chi connectivity index (χ4n) is 6.34. The molecular weight excluding hydrogens is 717 g/mol. The number of hydrogen-bond donors (Lipinski definition) is 4. The average Bonchev–Trinajstić information content (AvgIpc) is 3.95. The summed E-state index contributed by atoms with van der Waals surface area (Å²) in [6.45, 7) is 13.1. The van der Waals surface area contributed by atoms with Crippen LogP contribution in [-0.2, 0) is 25.5 Å². The van der Waals surface area contributed by atoms with E-state index < -0.39 is 60.3 Å². The van der Waals surface area contributed by atoms with Gasteiger partial charge < -0.3 is 30.7 Å². The van der Waals surface area contributed by atoms with Gasteiger partial charge in [0.2, 0.25) is 23.6 Å². The van der Waals surface area contributed by atoms with Crippen molar-refractivity contribution in [2.24, 2.45) is 21.8 Å². The van der Waals surface area contributed by atoms with Crippen LogP contribution >= 0.6 is 22.7 Å². The first-order chi connectivity index (χ1) is 25.3. The molecular formula is C37H46N8O6S2. The summed E-state index contributed by atoms with van der Waals surface area (Å²) in [5.74, 6) is -1.27. The second-order valence-corrected chi connectivity index (χ2v) is 15.9. The molecule has 6 rings (SSSR count). The standard InChI is InChI=1S/C37H46N8O6S2/c1-8-18(4)27-35-45-29(21(7)51-35)33(49)39-23(14-22-12-10-9-11-13-22)37-41-25(16-53-37)30(46)42-26(17(2)3)34-44-28(20(6)50-34)32(48)38-19(5)36-40-24(15-52-36)31(47)43-27/h9-13,15-21,23,26-29H,8,14H2,1-7H3,(H,38,48)(H,39,49)(H,42,46)(H,43,47)/t18?,19-,20-,21-,23-,26+,27+,28+,29?/m1/s1. The van der Waals surface area contributed by atoms with Crippen LogP contribution < -0.4 is 21.3 Å². The third-order valence-corrected chi connectivity index (χ3v) is 11.7. The Morgan fingerprint density at radius 1 is 0.717 bits per heavy atom. The topological polar surface area (TPSA) is 185 Å². The molecule has 0 aliphatic carbocycles. The molecule has 0 saturated carbocycles. The van der Waals surface area contributed by atoms with E-state index in [2.05, 4.69) is 31.2 Å². The van der Waals surface area contributed by atoms with Crippen molar-refractivity contribution < 1.29 is 28.7 Å². The highest BCUT2D eigenvalue weighted by Gasteiger charge is 2.41. The number of rotatable bonds is 5. The summed E-state index contributed by atoms with van der Waals surface area (Å²) in [5, 5.41) is 16.5. The van der Waals surface area contributed by atoms with E-state index in [0.29, 0.717) is 22.9 Å². The molecule has 2 aromatic heterocycles. The van der Waals surface area contributed by atoms with Crippen molar-refractivity contribution in [3.8, 4) is 0 Å². The number of hydrogen-bond acceptors (Lipinski definition) is 12. The number of aliphatic imine (C=N–C) groups is 2. The van der Waals surface area contributed by atoms with E-state index in [1.165, 1.54) is 22.7 Å². The summed E-state index contributed by atoms with van der Waals surface area (Å²) in [4.78, 5) is 73.3. The van der Waals surface area contributed by atoms with Crippen LogP contribution in [0.25, 0.3) is 0 Å². The fourth-order valence-corrected chi connectivity index (χ4v) is 8.00. The van der Waals surface area contributed by atoms with Crippen LogP contribution in [0.15, 0.2) is 51.1 Å². The fraction of sp³-hybridized carbons (Fsp3) is 0.514. The summed E-state index contributed by atoms with van der Waals surface area (Å²) in [6, 6.07) is 5.59. The van der Waals surface area contributed by atoms with Gasteiger partial charge in [-0.05, 0) is 44.6 Å². The molecule has 2 unspecified atom stereocenters. The van der Waals surface area contributed by atoms with Crippen molar-refractivity contribution in [2.75, 3.05) is 0 Å². The van der Waals surface area contributed by atoms with E-state index in [0.717, 1.165) is 5.56 Å². The molecule has 53 heavy (non-hydrogen) atoms. The molecule has 5 heterocycles. The van der Waals surface area contributed by atoms with Gasteiger partial charge >= 0.3 is 0 Å². The van der Waals surface area contributed by atoms with Crippen molar-refractivity contribution in [2.45, 2.75) is 110 Å². The van der Waals surface area contributed by atoms with Gasteiger partial charge in [-0.3, -0.25) is 19.2 Å². The Labute approximate surface area is 316 Å². The first-order valence-electron chi connectivity index (χ1n) is 18.0. The Bertz CT molecular complexity index is 1890. The monoisotopic (exact) mass is 762 g/mol. The van der Waals surface area contributed by atoms with Crippen molar-refractivity contribution in [3.63, 3.8) is 0 Å². The zero-order valence-electron chi connectivity index (χ0n) is 30.8. The minimum absolute atomic E-state index is 0.0799. The molecule has 9 atom stereocenters. The summed E-state index contributed by atoms with van der Waals surface area (Å²) >= 11 is 2.52. The van der Waals surface area contributed by atoms with Gasteiger partial charge in [-0.1, -0.05) is 64.4 Å². The lowest BCUT2D eigenvalue weighted by molar-refractivity contribution is -0.125. The summed E-state index contributed by atoms with van der Waals surface area (Å²) in [5.41, 5.74) is 1.34. The molecule has 14 nitrogen and oxygen atoms in total. The molecule has 16 heteroatoms. The molecule has 4 N–H and O–H groups in total. The molecule has 0 radical (unpaired) electrons. The molecule has 282 valence electrons. The van der Waals surface area contributed by atoms with E-state index in [-0.39, 0.29) is 46.8 Å². The van der Waals surface area contributed by atoms with Gasteiger partial charge in [-0.25, -0.2) is 20.0 Å². The minimum Gasteiger partial charge on any atom is -0.474 e. The molecule has 3 aliphatic heterocycles. The highest BCUT2D eigenvalue weighted by Crippen LogP contribution is 2.27. The van der Waals surface area contributed by atoms with Gasteiger partial charge in [-0.15, -0.1) is 22.7 Å². The van der Waals surface area contributed by atoms with E-state index in [9.17, 15) is 19.2 Å². The normalized spacial score (nSPS) is 28.7. The molecule has 0 saturated heterocycles. The van der Waals surface area contributed by atoms with Crippen molar-refractivity contribution in [3.05, 3.63) is 68.1 Å². The molecule has 1 aromatic carbocycles. The predicted molar refractivity (Wildman–Crippen MR) is 202 cm³/mol. The quantitative estimate of drug-likeness (QED) is 0.299. The number of nitrogens with zero attached hydrogens (tertiary/aromatic N) is 4. The first-order valence-corrected chi connectivity index (χ1v) is 19.7. The van der Waals surface area contributed by atoms with Crippen molar-refractivity contribution >= 4 is 58.1 Å². The van der Waals surface area contributed by atoms with E-state index in [1.54, 1.807) is 31.5 Å². The van der Waals surface area contributed by atoms with Crippen LogP contribution in [0, 0.1) is 11.8 Å². The lowest BCUT2D eigenvalue weighted by Gasteiger charge is -2.24. The number of fused-ring (bicyclic) bond motifs is 6. The lowest BCUT2D eigenvalue weighted by atomic mass is 9.98. The minimum atomic E-state index is -0.888. The molecule has 8 bridgehead atoms. The van der Waals surface area contributed by atoms with Gasteiger partial charge in [0, 0.05) is 10.8 Å². The Morgan fingerprint density at radius 3 is 1.83 bits per heavy atom. The van der Waals surface area contributed by atoms with Gasteiger partial charge in [0.05, 0.1) is 12.1 Å². The third-order valence-electron chi connectivity index (χ3n) is 9.69. The lowest BCUT2D eigenvalue weighted by Crippen LogP contribution is -2.45. The Balaban J connectivity index is 1.37. The number of carbonyl (C=O) groups is 4. The number of thiazole rings is 2. The molecule has 3 aliphatic rings. The Kier molecular flexibility index (Phi) is 11.6. The zero-order chi connectivity index (χ0) is 38.0. The Hall–Kier alpha value is -4.70. The molecule has 0 spiro atoms. The number of nitrogens with one attached hydrogen (secondary N) is 4. The maximum absolute atomic E-state index is 14.0.